The number of hydrogen-bond donors (Lipinski definition) is 0. The Morgan fingerprint density at radius 3 is 2.68 bits per heavy atom. The SMILES string of the molecule is O=C(/C=C/c1cccc(Br)c1)OCC(=O)c1ccc2c(c1)OCCO2. The zero-order chi connectivity index (χ0) is 17.6. The van der Waals surface area contributed by atoms with Gasteiger partial charge in [-0.25, -0.2) is 4.79 Å². The summed E-state index contributed by atoms with van der Waals surface area (Å²) in [6.07, 6.45) is 2.92. The van der Waals surface area contributed by atoms with E-state index in [1.807, 2.05) is 24.3 Å². The predicted octanol–water partition coefficient (Wildman–Crippen LogP) is 3.66. The maximum atomic E-state index is 12.1. The van der Waals surface area contributed by atoms with Crippen molar-refractivity contribution in [3.63, 3.8) is 0 Å². The van der Waals surface area contributed by atoms with Gasteiger partial charge < -0.3 is 14.2 Å². The number of Topliss-reactive ketones (excluding diaryl/α,β-unsaturated/α-hetero) is 1. The second-order valence-electron chi connectivity index (χ2n) is 5.28. The van der Waals surface area contributed by atoms with Crippen molar-refractivity contribution in [1.82, 2.24) is 0 Å². The van der Waals surface area contributed by atoms with Crippen LogP contribution in [0.1, 0.15) is 15.9 Å². The van der Waals surface area contributed by atoms with Crippen LogP contribution in [0.25, 0.3) is 6.08 Å². The third-order valence-corrected chi connectivity index (χ3v) is 3.96. The summed E-state index contributed by atoms with van der Waals surface area (Å²) in [7, 11) is 0. The number of benzene rings is 2. The highest BCUT2D eigenvalue weighted by Crippen LogP contribution is 2.30. The zero-order valence-electron chi connectivity index (χ0n) is 13.2. The van der Waals surface area contributed by atoms with Gasteiger partial charge in [0.1, 0.15) is 13.2 Å². The number of rotatable bonds is 5. The Labute approximate surface area is 153 Å². The Hall–Kier alpha value is -2.60. The van der Waals surface area contributed by atoms with E-state index in [1.165, 1.54) is 6.08 Å². The van der Waals surface area contributed by atoms with Crippen LogP contribution in [0.3, 0.4) is 0 Å². The minimum atomic E-state index is -0.578. The van der Waals surface area contributed by atoms with Gasteiger partial charge in [-0.05, 0) is 42.0 Å². The monoisotopic (exact) mass is 402 g/mol. The van der Waals surface area contributed by atoms with Crippen molar-refractivity contribution in [2.45, 2.75) is 0 Å². The molecule has 0 radical (unpaired) electrons. The van der Waals surface area contributed by atoms with E-state index < -0.39 is 5.97 Å². The van der Waals surface area contributed by atoms with Crippen molar-refractivity contribution in [3.05, 3.63) is 64.1 Å². The van der Waals surface area contributed by atoms with Crippen molar-refractivity contribution < 1.29 is 23.8 Å². The van der Waals surface area contributed by atoms with Crippen molar-refractivity contribution in [3.8, 4) is 11.5 Å². The summed E-state index contributed by atoms with van der Waals surface area (Å²) in [4.78, 5) is 23.9. The fraction of sp³-hybridized carbons (Fsp3) is 0.158. The summed E-state index contributed by atoms with van der Waals surface area (Å²) in [5.74, 6) is 0.252. The maximum absolute atomic E-state index is 12.1. The number of ether oxygens (including phenoxy) is 3. The van der Waals surface area contributed by atoms with Crippen molar-refractivity contribution >= 4 is 33.8 Å². The van der Waals surface area contributed by atoms with Gasteiger partial charge in [-0.15, -0.1) is 0 Å². The molecule has 0 saturated carbocycles. The summed E-state index contributed by atoms with van der Waals surface area (Å²) >= 11 is 3.36. The lowest BCUT2D eigenvalue weighted by atomic mass is 10.1. The first-order chi connectivity index (χ1) is 12.1. The normalized spacial score (nSPS) is 12.8. The molecule has 1 aliphatic rings. The number of ketones is 1. The third-order valence-electron chi connectivity index (χ3n) is 3.47. The molecule has 25 heavy (non-hydrogen) atoms. The van der Waals surface area contributed by atoms with E-state index >= 15 is 0 Å². The molecular formula is C19H15BrO5. The zero-order valence-corrected chi connectivity index (χ0v) is 14.8. The largest absolute Gasteiger partial charge is 0.486 e. The molecular weight excluding hydrogens is 388 g/mol. The van der Waals surface area contributed by atoms with E-state index in [9.17, 15) is 9.59 Å². The summed E-state index contributed by atoms with van der Waals surface area (Å²) in [5, 5.41) is 0. The topological polar surface area (TPSA) is 61.8 Å². The van der Waals surface area contributed by atoms with Crippen LogP contribution in [0, 0.1) is 0 Å². The second kappa shape index (κ2) is 7.98. The standard InChI is InChI=1S/C19H15BrO5/c20-15-3-1-2-13(10-15)4-7-19(22)25-12-16(21)14-5-6-17-18(11-14)24-9-8-23-17/h1-7,10-11H,8-9,12H2/b7-4+. The lowest BCUT2D eigenvalue weighted by molar-refractivity contribution is -0.136. The fourth-order valence-electron chi connectivity index (χ4n) is 2.26. The van der Waals surface area contributed by atoms with Crippen LogP contribution in [0.5, 0.6) is 11.5 Å². The molecule has 5 nitrogen and oxygen atoms in total. The number of hydrogen-bond acceptors (Lipinski definition) is 5. The summed E-state index contributed by atoms with van der Waals surface area (Å²) in [6.45, 7) is 0.601. The molecule has 0 amide bonds. The van der Waals surface area contributed by atoms with Crippen LogP contribution in [0.4, 0.5) is 0 Å². The Kier molecular flexibility index (Phi) is 5.50. The number of fused-ring (bicyclic) bond motifs is 1. The fourth-order valence-corrected chi connectivity index (χ4v) is 2.68. The average molecular weight is 403 g/mol. The van der Waals surface area contributed by atoms with Gasteiger partial charge in [0.2, 0.25) is 0 Å². The lowest BCUT2D eigenvalue weighted by Gasteiger charge is -2.18. The number of carbonyl (C=O) groups is 2. The van der Waals surface area contributed by atoms with E-state index in [1.54, 1.807) is 24.3 Å². The molecule has 3 rings (SSSR count). The van der Waals surface area contributed by atoms with Crippen LogP contribution in [-0.4, -0.2) is 31.6 Å². The second-order valence-corrected chi connectivity index (χ2v) is 6.19. The first kappa shape index (κ1) is 17.2. The molecule has 1 heterocycles. The van der Waals surface area contributed by atoms with Crippen molar-refractivity contribution in [2.24, 2.45) is 0 Å². The third kappa shape index (κ3) is 4.70. The van der Waals surface area contributed by atoms with Crippen LogP contribution >= 0.6 is 15.9 Å². The highest BCUT2D eigenvalue weighted by Gasteiger charge is 2.15. The van der Waals surface area contributed by atoms with Gasteiger partial charge in [0, 0.05) is 16.1 Å². The van der Waals surface area contributed by atoms with Crippen LogP contribution < -0.4 is 9.47 Å². The lowest BCUT2D eigenvalue weighted by Crippen LogP contribution is -2.17. The Morgan fingerprint density at radius 1 is 1.08 bits per heavy atom. The van der Waals surface area contributed by atoms with E-state index in [4.69, 9.17) is 14.2 Å². The molecule has 0 aromatic heterocycles. The van der Waals surface area contributed by atoms with E-state index in [0.717, 1.165) is 10.0 Å². The maximum Gasteiger partial charge on any atom is 0.331 e. The van der Waals surface area contributed by atoms with E-state index in [0.29, 0.717) is 30.3 Å². The van der Waals surface area contributed by atoms with Crippen LogP contribution in [-0.2, 0) is 9.53 Å². The molecule has 128 valence electrons. The molecule has 0 spiro atoms. The summed E-state index contributed by atoms with van der Waals surface area (Å²) in [5.41, 5.74) is 1.26. The highest BCUT2D eigenvalue weighted by molar-refractivity contribution is 9.10. The van der Waals surface area contributed by atoms with Gasteiger partial charge in [0.15, 0.2) is 23.9 Å². The number of halogens is 1. The Bertz CT molecular complexity index is 828. The smallest absolute Gasteiger partial charge is 0.331 e. The molecule has 0 bridgehead atoms. The van der Waals surface area contributed by atoms with Crippen LogP contribution in [0.15, 0.2) is 53.0 Å². The molecule has 0 N–H and O–H groups in total. The molecule has 2 aromatic rings. The minimum absolute atomic E-state index is 0.304. The average Bonchev–Trinajstić information content (AvgIpc) is 2.64. The molecule has 0 aliphatic carbocycles. The first-order valence-corrected chi connectivity index (χ1v) is 8.44. The predicted molar refractivity (Wildman–Crippen MR) is 95.9 cm³/mol. The van der Waals surface area contributed by atoms with Crippen molar-refractivity contribution in [1.29, 1.82) is 0 Å². The summed E-state index contributed by atoms with van der Waals surface area (Å²) < 4.78 is 16.8. The van der Waals surface area contributed by atoms with Gasteiger partial charge in [-0.1, -0.05) is 28.1 Å². The minimum Gasteiger partial charge on any atom is -0.486 e. The van der Waals surface area contributed by atoms with Gasteiger partial charge in [-0.3, -0.25) is 4.79 Å². The molecule has 0 saturated heterocycles. The van der Waals surface area contributed by atoms with E-state index in [2.05, 4.69) is 15.9 Å². The van der Waals surface area contributed by atoms with Gasteiger partial charge >= 0.3 is 5.97 Å². The van der Waals surface area contributed by atoms with Gasteiger partial charge in [0.05, 0.1) is 0 Å². The van der Waals surface area contributed by atoms with E-state index in [-0.39, 0.29) is 12.4 Å². The first-order valence-electron chi connectivity index (χ1n) is 7.65. The van der Waals surface area contributed by atoms with Gasteiger partial charge in [0.25, 0.3) is 0 Å². The number of esters is 1. The molecule has 2 aromatic carbocycles. The quantitative estimate of drug-likeness (QED) is 0.433. The molecule has 0 unspecified atom stereocenters. The van der Waals surface area contributed by atoms with Crippen LogP contribution in [0.2, 0.25) is 0 Å². The Morgan fingerprint density at radius 2 is 1.88 bits per heavy atom. The molecule has 6 heteroatoms. The van der Waals surface area contributed by atoms with Crippen molar-refractivity contribution in [2.75, 3.05) is 19.8 Å². The summed E-state index contributed by atoms with van der Waals surface area (Å²) in [6, 6.07) is 12.4. The Balaban J connectivity index is 1.56. The highest BCUT2D eigenvalue weighted by atomic mass is 79.9. The molecule has 0 atom stereocenters. The van der Waals surface area contributed by atoms with Gasteiger partial charge in [-0.2, -0.15) is 0 Å². The molecule has 1 aliphatic heterocycles. The number of carbonyl (C=O) groups excluding carboxylic acids is 2. The molecule has 0 fully saturated rings.